The fraction of sp³-hybridized carbons (Fsp3) is 0. The normalized spacial score (nSPS) is 11.7. The summed E-state index contributed by atoms with van der Waals surface area (Å²) in [5.74, 6) is -2.80. The lowest BCUT2D eigenvalue weighted by Crippen LogP contribution is -1.93. The van der Waals surface area contributed by atoms with Gasteiger partial charge in [0.1, 0.15) is 4.34 Å². The zero-order valence-corrected chi connectivity index (χ0v) is 7.32. The molecule has 0 unspecified atom stereocenters. The van der Waals surface area contributed by atoms with Gasteiger partial charge >= 0.3 is 5.97 Å². The van der Waals surface area contributed by atoms with Crippen molar-refractivity contribution in [1.29, 1.82) is 0 Å². The van der Waals surface area contributed by atoms with Crippen molar-refractivity contribution in [1.82, 2.24) is 0 Å². The van der Waals surface area contributed by atoms with Crippen LogP contribution < -0.4 is 0 Å². The summed E-state index contributed by atoms with van der Waals surface area (Å²) in [5, 5.41) is 9.84. The summed E-state index contributed by atoms with van der Waals surface area (Å²) in [7, 11) is 0. The van der Waals surface area contributed by atoms with E-state index >= 15 is 0 Å². The molecule has 0 atom stereocenters. The molecule has 0 radical (unpaired) electrons. The van der Waals surface area contributed by atoms with Crippen LogP contribution in [0.1, 0.15) is 5.56 Å². The minimum Gasteiger partial charge on any atom is -0.476 e. The van der Waals surface area contributed by atoms with E-state index in [-0.39, 0.29) is 0 Å². The summed E-state index contributed by atoms with van der Waals surface area (Å²) in [6, 6.07) is 1.55. The van der Waals surface area contributed by atoms with E-state index in [1.807, 2.05) is 0 Å². The average molecular weight is 207 g/mol. The van der Waals surface area contributed by atoms with Gasteiger partial charge in [0.15, 0.2) is 0 Å². The van der Waals surface area contributed by atoms with Gasteiger partial charge in [-0.15, -0.1) is 11.3 Å². The number of hydrogen-bond donors (Lipinski definition) is 1. The van der Waals surface area contributed by atoms with Gasteiger partial charge in [0.25, 0.3) is 0 Å². The molecule has 0 aliphatic heterocycles. The lowest BCUT2D eigenvalue weighted by Gasteiger charge is -1.88. The maximum absolute atomic E-state index is 12.5. The van der Waals surface area contributed by atoms with E-state index in [9.17, 15) is 9.18 Å². The lowest BCUT2D eigenvalue weighted by atomic mass is 10.3. The van der Waals surface area contributed by atoms with Crippen LogP contribution >= 0.6 is 22.9 Å². The van der Waals surface area contributed by atoms with Crippen LogP contribution in [0, 0.1) is 0 Å². The van der Waals surface area contributed by atoms with Crippen molar-refractivity contribution in [2.45, 2.75) is 0 Å². The Kier molecular flexibility index (Phi) is 2.83. The number of carboxylic acid groups (broad SMARTS) is 1. The number of carbonyl (C=O) groups is 1. The fourth-order valence-corrected chi connectivity index (χ4v) is 1.47. The highest BCUT2D eigenvalue weighted by atomic mass is 35.5. The average Bonchev–Trinajstić information content (AvgIpc) is 2.36. The number of rotatable bonds is 2. The highest BCUT2D eigenvalue weighted by Gasteiger charge is 2.06. The first kappa shape index (κ1) is 9.22. The Morgan fingerprint density at radius 2 is 2.42 bits per heavy atom. The maximum Gasteiger partial charge on any atom is 0.364 e. The molecular formula is C7H4ClFO2S. The molecule has 2 nitrogen and oxygen atoms in total. The molecule has 64 valence electrons. The number of hydrogen-bond acceptors (Lipinski definition) is 2. The van der Waals surface area contributed by atoms with Crippen molar-refractivity contribution in [2.24, 2.45) is 0 Å². The summed E-state index contributed by atoms with van der Waals surface area (Å²) in [6.45, 7) is 0. The summed E-state index contributed by atoms with van der Waals surface area (Å²) >= 11 is 6.82. The van der Waals surface area contributed by atoms with E-state index < -0.39 is 11.8 Å². The van der Waals surface area contributed by atoms with Gasteiger partial charge in [-0.1, -0.05) is 11.6 Å². The van der Waals surface area contributed by atoms with Crippen molar-refractivity contribution >= 4 is 35.0 Å². The number of carboxylic acids is 1. The monoisotopic (exact) mass is 206 g/mol. The zero-order chi connectivity index (χ0) is 9.14. The van der Waals surface area contributed by atoms with E-state index in [1.165, 1.54) is 11.3 Å². The van der Waals surface area contributed by atoms with Crippen molar-refractivity contribution in [3.05, 3.63) is 27.2 Å². The van der Waals surface area contributed by atoms with Crippen LogP contribution in [-0.4, -0.2) is 11.1 Å². The Balaban J connectivity index is 2.95. The maximum atomic E-state index is 12.5. The first-order chi connectivity index (χ1) is 5.61. The van der Waals surface area contributed by atoms with Gasteiger partial charge in [-0.25, -0.2) is 4.79 Å². The molecule has 1 heterocycles. The Morgan fingerprint density at radius 1 is 1.75 bits per heavy atom. The SMILES string of the molecule is O=C(O)/C(F)=C/c1ccsc1Cl. The Morgan fingerprint density at radius 3 is 2.83 bits per heavy atom. The molecule has 0 aromatic carbocycles. The Hall–Kier alpha value is -0.870. The molecule has 0 aliphatic rings. The first-order valence-electron chi connectivity index (χ1n) is 2.94. The molecule has 0 saturated heterocycles. The molecule has 12 heavy (non-hydrogen) atoms. The molecule has 0 bridgehead atoms. The second kappa shape index (κ2) is 3.69. The van der Waals surface area contributed by atoms with E-state index in [2.05, 4.69) is 0 Å². The van der Waals surface area contributed by atoms with Crippen LogP contribution in [0.25, 0.3) is 6.08 Å². The summed E-state index contributed by atoms with van der Waals surface area (Å²) in [4.78, 5) is 10.1. The van der Waals surface area contributed by atoms with E-state index in [4.69, 9.17) is 16.7 Å². The van der Waals surface area contributed by atoms with Crippen LogP contribution in [0.5, 0.6) is 0 Å². The van der Waals surface area contributed by atoms with E-state index in [0.29, 0.717) is 9.90 Å². The number of aliphatic carboxylic acids is 1. The third kappa shape index (κ3) is 2.06. The molecular weight excluding hydrogens is 203 g/mol. The molecule has 0 saturated carbocycles. The van der Waals surface area contributed by atoms with Crippen LogP contribution in [-0.2, 0) is 4.79 Å². The van der Waals surface area contributed by atoms with Gasteiger partial charge in [-0.2, -0.15) is 4.39 Å². The van der Waals surface area contributed by atoms with E-state index in [0.717, 1.165) is 6.08 Å². The highest BCUT2D eigenvalue weighted by Crippen LogP contribution is 2.25. The van der Waals surface area contributed by atoms with Crippen LogP contribution in [0.15, 0.2) is 17.3 Å². The Bertz CT molecular complexity index is 332. The molecule has 0 aliphatic carbocycles. The standard InChI is InChI=1S/C7H4ClFO2S/c8-6-4(1-2-12-6)3-5(9)7(10)11/h1-3H,(H,10,11)/b5-3-. The van der Waals surface area contributed by atoms with Crippen LogP contribution in [0.2, 0.25) is 4.34 Å². The zero-order valence-electron chi connectivity index (χ0n) is 5.75. The van der Waals surface area contributed by atoms with Crippen LogP contribution in [0.3, 0.4) is 0 Å². The molecule has 0 amide bonds. The minimum atomic E-state index is -1.59. The summed E-state index contributed by atoms with van der Waals surface area (Å²) in [6.07, 6.45) is 0.890. The van der Waals surface area contributed by atoms with Crippen molar-refractivity contribution < 1.29 is 14.3 Å². The predicted molar refractivity (Wildman–Crippen MR) is 46.0 cm³/mol. The molecule has 0 fully saturated rings. The molecule has 1 rings (SSSR count). The summed E-state index contributed by atoms with van der Waals surface area (Å²) in [5.41, 5.74) is 0.390. The van der Waals surface area contributed by atoms with Gasteiger partial charge in [-0.3, -0.25) is 0 Å². The predicted octanol–water partition coefficient (Wildman–Crippen LogP) is 2.80. The third-order valence-corrected chi connectivity index (χ3v) is 2.33. The largest absolute Gasteiger partial charge is 0.476 e. The lowest BCUT2D eigenvalue weighted by molar-refractivity contribution is -0.134. The van der Waals surface area contributed by atoms with Crippen LogP contribution in [0.4, 0.5) is 4.39 Å². The topological polar surface area (TPSA) is 37.3 Å². The second-order valence-electron chi connectivity index (χ2n) is 1.95. The molecule has 5 heteroatoms. The summed E-state index contributed by atoms with van der Waals surface area (Å²) < 4.78 is 12.9. The van der Waals surface area contributed by atoms with Gasteiger partial charge < -0.3 is 5.11 Å². The van der Waals surface area contributed by atoms with Crippen molar-refractivity contribution in [2.75, 3.05) is 0 Å². The third-order valence-electron chi connectivity index (χ3n) is 1.13. The Labute approximate surface area is 76.9 Å². The first-order valence-corrected chi connectivity index (χ1v) is 4.20. The smallest absolute Gasteiger partial charge is 0.364 e. The number of thiophene rings is 1. The second-order valence-corrected chi connectivity index (χ2v) is 3.47. The fourth-order valence-electron chi connectivity index (χ4n) is 0.604. The highest BCUT2D eigenvalue weighted by molar-refractivity contribution is 7.14. The van der Waals surface area contributed by atoms with Crippen molar-refractivity contribution in [3.8, 4) is 0 Å². The number of halogens is 2. The molecule has 0 spiro atoms. The van der Waals surface area contributed by atoms with Gasteiger partial charge in [-0.05, 0) is 17.5 Å². The molecule has 1 aromatic heterocycles. The quantitative estimate of drug-likeness (QED) is 0.756. The minimum absolute atomic E-state index is 0.381. The molecule has 1 N–H and O–H groups in total. The van der Waals surface area contributed by atoms with E-state index in [1.54, 1.807) is 11.4 Å². The van der Waals surface area contributed by atoms with Gasteiger partial charge in [0, 0.05) is 5.56 Å². The van der Waals surface area contributed by atoms with Crippen molar-refractivity contribution in [3.63, 3.8) is 0 Å². The molecule has 1 aromatic rings. The van der Waals surface area contributed by atoms with Gasteiger partial charge in [0.2, 0.25) is 5.83 Å². The van der Waals surface area contributed by atoms with Gasteiger partial charge in [0.05, 0.1) is 0 Å².